The van der Waals surface area contributed by atoms with Crippen molar-refractivity contribution in [1.82, 2.24) is 4.98 Å². The Kier molecular flexibility index (Phi) is 3.70. The number of fused-ring (bicyclic) bond motifs is 1. The van der Waals surface area contributed by atoms with Crippen LogP contribution in [-0.2, 0) is 4.79 Å². The molecule has 0 spiro atoms. The highest BCUT2D eigenvalue weighted by Crippen LogP contribution is 2.07. The van der Waals surface area contributed by atoms with E-state index in [1.165, 1.54) is 5.39 Å². The van der Waals surface area contributed by atoms with E-state index in [2.05, 4.69) is 25.0 Å². The number of carbonyl (C=O) groups excluding carboxylic acids is 1. The molecular formula is C10H8BNO. The molecule has 0 atom stereocenters. The second-order valence-electron chi connectivity index (χ2n) is 2.33. The summed E-state index contributed by atoms with van der Waals surface area (Å²) in [6, 6.07) is 12.1. The van der Waals surface area contributed by atoms with Gasteiger partial charge in [0.2, 0.25) is 0 Å². The Balaban J connectivity index is 0.000000251. The van der Waals surface area contributed by atoms with Crippen LogP contribution >= 0.6 is 0 Å². The summed E-state index contributed by atoms with van der Waals surface area (Å²) in [5.74, 6) is 0. The van der Waals surface area contributed by atoms with E-state index < -0.39 is 0 Å². The summed E-state index contributed by atoms with van der Waals surface area (Å²) >= 11 is 0. The van der Waals surface area contributed by atoms with Gasteiger partial charge in [-0.3, -0.25) is 4.98 Å². The van der Waals surface area contributed by atoms with Gasteiger partial charge in [-0.05, 0) is 12.1 Å². The van der Waals surface area contributed by atoms with Crippen LogP contribution in [0, 0.1) is 0 Å². The molecule has 0 aliphatic rings. The van der Waals surface area contributed by atoms with Crippen molar-refractivity contribution in [2.24, 2.45) is 0 Å². The first-order chi connectivity index (χ1) is 6.38. The van der Waals surface area contributed by atoms with Gasteiger partial charge in [-0.15, -0.1) is 0 Å². The van der Waals surface area contributed by atoms with Crippen LogP contribution in [0.3, 0.4) is 0 Å². The summed E-state index contributed by atoms with van der Waals surface area (Å²) in [7, 11) is 4.17. The van der Waals surface area contributed by atoms with Gasteiger partial charge in [0.15, 0.2) is 7.85 Å². The molecule has 2 nitrogen and oxygen atoms in total. The maximum absolute atomic E-state index is 8.58. The van der Waals surface area contributed by atoms with Crippen LogP contribution in [0.1, 0.15) is 0 Å². The highest BCUT2D eigenvalue weighted by Gasteiger charge is 1.86. The van der Waals surface area contributed by atoms with Crippen LogP contribution in [0.15, 0.2) is 42.6 Å². The summed E-state index contributed by atoms with van der Waals surface area (Å²) in [6.07, 6.45) is 2.06. The number of rotatable bonds is 0. The fraction of sp³-hybridized carbons (Fsp3) is 0. The van der Waals surface area contributed by atoms with Crippen molar-refractivity contribution in [3.8, 4) is 0 Å². The smallest absolute Gasteiger partial charge is 0.162 e. The maximum Gasteiger partial charge on any atom is 0.162 e. The second-order valence-corrected chi connectivity index (χ2v) is 2.33. The van der Waals surface area contributed by atoms with Gasteiger partial charge in [-0.25, -0.2) is 0 Å². The predicted octanol–water partition coefficient (Wildman–Crippen LogP) is 1.58. The average Bonchev–Trinajstić information content (AvgIpc) is 2.19. The fourth-order valence-electron chi connectivity index (χ4n) is 1.02. The number of hydrogen-bond acceptors (Lipinski definition) is 2. The van der Waals surface area contributed by atoms with Crippen molar-refractivity contribution in [2.45, 2.75) is 0 Å². The molecule has 0 saturated carbocycles. The standard InChI is InChI=1S/C9H7N.CHBO/c1-2-6-9-8(4-1)5-3-7-10-9;2-1-3/h1-7H;1H. The monoisotopic (exact) mass is 169 g/mol. The SMILES string of the molecule is [B]C=O.c1ccc2ncccc2c1. The van der Waals surface area contributed by atoms with Crippen LogP contribution in [0.4, 0.5) is 0 Å². The zero-order valence-electron chi connectivity index (χ0n) is 7.05. The Hall–Kier alpha value is -1.64. The highest BCUT2D eigenvalue weighted by molar-refractivity contribution is 6.48. The van der Waals surface area contributed by atoms with E-state index >= 15 is 0 Å². The third-order valence-electron chi connectivity index (χ3n) is 1.51. The molecule has 0 aliphatic heterocycles. The Morgan fingerprint density at radius 1 is 1.15 bits per heavy atom. The molecule has 0 saturated heterocycles. The number of nitrogens with zero attached hydrogens (tertiary/aromatic N) is 1. The Labute approximate surface area is 78.0 Å². The molecule has 0 fully saturated rings. The molecule has 0 unspecified atom stereocenters. The van der Waals surface area contributed by atoms with Gasteiger partial charge >= 0.3 is 0 Å². The van der Waals surface area contributed by atoms with Crippen LogP contribution < -0.4 is 0 Å². The Morgan fingerprint density at radius 2 is 1.77 bits per heavy atom. The van der Waals surface area contributed by atoms with E-state index in [1.807, 2.05) is 30.5 Å². The molecule has 3 heteroatoms. The minimum atomic E-state index is 0.250. The fourth-order valence-corrected chi connectivity index (χ4v) is 1.02. The maximum atomic E-state index is 8.58. The van der Waals surface area contributed by atoms with Gasteiger partial charge in [0.1, 0.15) is 0 Å². The van der Waals surface area contributed by atoms with Crippen molar-refractivity contribution in [3.05, 3.63) is 42.6 Å². The molecule has 62 valence electrons. The molecule has 0 aliphatic carbocycles. The molecule has 0 amide bonds. The molecule has 1 aromatic carbocycles. The summed E-state index contributed by atoms with van der Waals surface area (Å²) in [4.78, 5) is 12.8. The zero-order valence-corrected chi connectivity index (χ0v) is 7.05. The number of para-hydroxylation sites is 1. The van der Waals surface area contributed by atoms with E-state index in [4.69, 9.17) is 4.79 Å². The topological polar surface area (TPSA) is 30.0 Å². The number of pyridine rings is 1. The first-order valence-electron chi connectivity index (χ1n) is 3.83. The van der Waals surface area contributed by atoms with Crippen LogP contribution in [0.2, 0.25) is 0 Å². The van der Waals surface area contributed by atoms with E-state index in [0.717, 1.165) is 5.52 Å². The van der Waals surface area contributed by atoms with Crippen molar-refractivity contribution in [1.29, 1.82) is 0 Å². The second kappa shape index (κ2) is 5.09. The third kappa shape index (κ3) is 2.71. The van der Waals surface area contributed by atoms with Gasteiger partial charge < -0.3 is 4.79 Å². The molecule has 2 rings (SSSR count). The molecule has 0 N–H and O–H groups in total. The van der Waals surface area contributed by atoms with Crippen molar-refractivity contribution >= 4 is 24.9 Å². The molecule has 13 heavy (non-hydrogen) atoms. The van der Waals surface area contributed by atoms with Crippen molar-refractivity contribution < 1.29 is 4.79 Å². The van der Waals surface area contributed by atoms with E-state index in [-0.39, 0.29) is 6.19 Å². The zero-order chi connectivity index (χ0) is 9.52. The normalized spacial score (nSPS) is 8.62. The predicted molar refractivity (Wildman–Crippen MR) is 54.2 cm³/mol. The van der Waals surface area contributed by atoms with Crippen molar-refractivity contribution in [2.75, 3.05) is 0 Å². The van der Waals surface area contributed by atoms with Gasteiger partial charge in [-0.1, -0.05) is 24.3 Å². The van der Waals surface area contributed by atoms with Crippen molar-refractivity contribution in [3.63, 3.8) is 0 Å². The van der Waals surface area contributed by atoms with E-state index in [0.29, 0.717) is 0 Å². The average molecular weight is 169 g/mol. The van der Waals surface area contributed by atoms with Crippen LogP contribution in [0.5, 0.6) is 0 Å². The quantitative estimate of drug-likeness (QED) is 0.442. The number of aromatic nitrogens is 1. The number of benzene rings is 1. The Morgan fingerprint density at radius 3 is 2.46 bits per heavy atom. The van der Waals surface area contributed by atoms with Gasteiger partial charge in [0, 0.05) is 11.6 Å². The summed E-state index contributed by atoms with van der Waals surface area (Å²) in [5, 5.41) is 1.20. The lowest BCUT2D eigenvalue weighted by Crippen LogP contribution is -1.73. The van der Waals surface area contributed by atoms with E-state index in [1.54, 1.807) is 0 Å². The molecule has 1 heterocycles. The summed E-state index contributed by atoms with van der Waals surface area (Å²) in [5.41, 5.74) is 1.06. The highest BCUT2D eigenvalue weighted by atomic mass is 16.1. The number of carbonyl (C=O) groups is 1. The number of hydrogen-bond donors (Lipinski definition) is 0. The summed E-state index contributed by atoms with van der Waals surface area (Å²) < 4.78 is 0. The van der Waals surface area contributed by atoms with E-state index in [9.17, 15) is 0 Å². The third-order valence-corrected chi connectivity index (χ3v) is 1.51. The molecule has 0 bridgehead atoms. The van der Waals surface area contributed by atoms with Crippen LogP contribution in [0.25, 0.3) is 10.9 Å². The largest absolute Gasteiger partial charge is 0.316 e. The first-order valence-corrected chi connectivity index (χ1v) is 3.83. The van der Waals surface area contributed by atoms with Gasteiger partial charge in [-0.2, -0.15) is 0 Å². The first kappa shape index (κ1) is 9.45. The minimum absolute atomic E-state index is 0.250. The molecule has 2 aromatic rings. The lowest BCUT2D eigenvalue weighted by atomic mass is 10.2. The lowest BCUT2D eigenvalue weighted by Gasteiger charge is -1.91. The van der Waals surface area contributed by atoms with Crippen LogP contribution in [-0.4, -0.2) is 19.0 Å². The van der Waals surface area contributed by atoms with Gasteiger partial charge in [0.25, 0.3) is 0 Å². The Bertz CT molecular complexity index is 324. The van der Waals surface area contributed by atoms with Gasteiger partial charge in [0.05, 0.1) is 11.7 Å². The molecule has 2 radical (unpaired) electrons. The summed E-state index contributed by atoms with van der Waals surface area (Å²) in [6.45, 7) is 0. The lowest BCUT2D eigenvalue weighted by molar-refractivity contribution is 0.569. The minimum Gasteiger partial charge on any atom is -0.316 e. The molecule has 1 aromatic heterocycles. The molecular weight excluding hydrogens is 161 g/mol.